The summed E-state index contributed by atoms with van der Waals surface area (Å²) in [6.45, 7) is 16.2. The molecule has 0 bridgehead atoms. The van der Waals surface area contributed by atoms with Crippen molar-refractivity contribution in [1.82, 2.24) is 0 Å². The first-order valence-electron chi connectivity index (χ1n) is 17.1. The zero-order valence-electron chi connectivity index (χ0n) is 27.8. The Balaban J connectivity index is 1.66. The van der Waals surface area contributed by atoms with Gasteiger partial charge in [0.1, 0.15) is 5.75 Å². The number of aryl methyl sites for hydroxylation is 1. The molecule has 3 aromatic carbocycles. The van der Waals surface area contributed by atoms with Crippen molar-refractivity contribution in [2.75, 3.05) is 6.61 Å². The van der Waals surface area contributed by atoms with Gasteiger partial charge in [-0.15, -0.1) is 0 Å². The van der Waals surface area contributed by atoms with Crippen molar-refractivity contribution < 1.29 is 13.5 Å². The summed E-state index contributed by atoms with van der Waals surface area (Å²) in [7, 11) is 0. The molecule has 0 aliphatic heterocycles. The number of rotatable bonds is 13. The summed E-state index contributed by atoms with van der Waals surface area (Å²) >= 11 is 0. The van der Waals surface area contributed by atoms with Gasteiger partial charge in [-0.3, -0.25) is 0 Å². The van der Waals surface area contributed by atoms with Crippen LogP contribution in [0.4, 0.5) is 8.78 Å². The molecular formula is C40H54F2O. The highest BCUT2D eigenvalue weighted by Gasteiger charge is 2.26. The third-order valence-corrected chi connectivity index (χ3v) is 10.9. The van der Waals surface area contributed by atoms with Gasteiger partial charge in [0, 0.05) is 11.1 Å². The second kappa shape index (κ2) is 14.9. The highest BCUT2D eigenvalue weighted by atomic mass is 19.2. The highest BCUT2D eigenvalue weighted by Crippen LogP contribution is 2.41. The monoisotopic (exact) mass is 588 g/mol. The number of hydrogen-bond acceptors (Lipinski definition) is 1. The fraction of sp³-hybridized carbons (Fsp3) is 0.550. The lowest BCUT2D eigenvalue weighted by atomic mass is 9.77. The largest absolute Gasteiger partial charge is 0.493 e. The predicted molar refractivity (Wildman–Crippen MR) is 179 cm³/mol. The van der Waals surface area contributed by atoms with Crippen LogP contribution in [-0.2, 0) is 19.3 Å². The van der Waals surface area contributed by atoms with Crippen LogP contribution in [0, 0.1) is 23.0 Å². The van der Waals surface area contributed by atoms with Crippen molar-refractivity contribution in [2.24, 2.45) is 11.3 Å². The van der Waals surface area contributed by atoms with E-state index >= 15 is 8.78 Å². The van der Waals surface area contributed by atoms with E-state index in [1.807, 2.05) is 12.1 Å². The van der Waals surface area contributed by atoms with Crippen LogP contribution in [0.3, 0.4) is 0 Å². The van der Waals surface area contributed by atoms with Crippen molar-refractivity contribution in [2.45, 2.75) is 125 Å². The Morgan fingerprint density at radius 1 is 0.698 bits per heavy atom. The van der Waals surface area contributed by atoms with Gasteiger partial charge in [0.15, 0.2) is 11.6 Å². The van der Waals surface area contributed by atoms with Gasteiger partial charge in [-0.2, -0.15) is 0 Å². The Hall–Kier alpha value is -2.68. The number of hydrogen-bond donors (Lipinski definition) is 0. The molecule has 0 spiro atoms. The van der Waals surface area contributed by atoms with Crippen LogP contribution in [-0.4, -0.2) is 6.61 Å². The maximum Gasteiger partial charge on any atom is 0.167 e. The van der Waals surface area contributed by atoms with E-state index < -0.39 is 11.6 Å². The lowest BCUT2D eigenvalue weighted by molar-refractivity contribution is 0.172. The van der Waals surface area contributed by atoms with E-state index in [4.69, 9.17) is 4.74 Å². The molecule has 3 aromatic rings. The van der Waals surface area contributed by atoms with Crippen molar-refractivity contribution in [3.05, 3.63) is 76.4 Å². The van der Waals surface area contributed by atoms with Crippen LogP contribution in [0.5, 0.6) is 5.75 Å². The average Bonchev–Trinajstić information content (AvgIpc) is 3.04. The van der Waals surface area contributed by atoms with Gasteiger partial charge in [-0.05, 0) is 95.2 Å². The summed E-state index contributed by atoms with van der Waals surface area (Å²) < 4.78 is 38.3. The Morgan fingerprint density at radius 3 is 1.84 bits per heavy atom. The quantitative estimate of drug-likeness (QED) is 0.193. The zero-order valence-corrected chi connectivity index (χ0v) is 27.8. The molecule has 0 unspecified atom stereocenters. The number of benzene rings is 3. The van der Waals surface area contributed by atoms with E-state index in [0.29, 0.717) is 29.1 Å². The van der Waals surface area contributed by atoms with Gasteiger partial charge in [0.05, 0.1) is 6.61 Å². The predicted octanol–water partition coefficient (Wildman–Crippen LogP) is 12.3. The van der Waals surface area contributed by atoms with Crippen LogP contribution in [0.1, 0.15) is 128 Å². The van der Waals surface area contributed by atoms with Crippen LogP contribution < -0.4 is 4.74 Å². The molecular weight excluding hydrogens is 534 g/mol. The van der Waals surface area contributed by atoms with E-state index in [9.17, 15) is 0 Å². The molecule has 1 aliphatic rings. The van der Waals surface area contributed by atoms with Crippen molar-refractivity contribution in [3.63, 3.8) is 0 Å². The molecule has 3 heteroatoms. The van der Waals surface area contributed by atoms with Crippen LogP contribution >= 0.6 is 0 Å². The molecule has 0 aromatic heterocycles. The smallest absolute Gasteiger partial charge is 0.167 e. The Kier molecular flexibility index (Phi) is 11.5. The minimum absolute atomic E-state index is 0.309. The second-order valence-electron chi connectivity index (χ2n) is 13.0. The van der Waals surface area contributed by atoms with Crippen molar-refractivity contribution in [1.29, 1.82) is 0 Å². The minimum Gasteiger partial charge on any atom is -0.493 e. The third kappa shape index (κ3) is 7.02. The molecule has 43 heavy (non-hydrogen) atoms. The van der Waals surface area contributed by atoms with Gasteiger partial charge in [0.2, 0.25) is 0 Å². The summed E-state index contributed by atoms with van der Waals surface area (Å²) in [6, 6.07) is 13.7. The second-order valence-corrected chi connectivity index (χ2v) is 13.0. The lowest BCUT2D eigenvalue weighted by Gasteiger charge is -2.31. The highest BCUT2D eigenvalue weighted by molar-refractivity contribution is 5.76. The van der Waals surface area contributed by atoms with E-state index in [-0.39, 0.29) is 0 Å². The van der Waals surface area contributed by atoms with Crippen LogP contribution in [0.25, 0.3) is 22.3 Å². The molecule has 0 radical (unpaired) electrons. The molecule has 1 aliphatic carbocycles. The van der Waals surface area contributed by atoms with Crippen LogP contribution in [0.2, 0.25) is 0 Å². The fourth-order valence-corrected chi connectivity index (χ4v) is 7.44. The van der Waals surface area contributed by atoms with E-state index in [2.05, 4.69) is 66.7 Å². The summed E-state index contributed by atoms with van der Waals surface area (Å²) in [5.41, 5.74) is 7.04. The molecule has 234 valence electrons. The van der Waals surface area contributed by atoms with Gasteiger partial charge in [-0.1, -0.05) is 117 Å². The minimum atomic E-state index is -0.773. The maximum absolute atomic E-state index is 16.0. The summed E-state index contributed by atoms with van der Waals surface area (Å²) in [5, 5.41) is 0. The molecule has 1 nitrogen and oxygen atoms in total. The molecule has 1 fully saturated rings. The number of ether oxygens (including phenoxy) is 1. The molecule has 0 saturated heterocycles. The molecule has 0 N–H and O–H groups in total. The maximum atomic E-state index is 16.0. The standard InChI is InChI=1S/C40H54F2O/c1-8-28-26-36(32(9-2)33(10-3)39(28)43-25-24-40(11-4,12-5)13-6)35-23-22-34(37(41)38(35)42)31-20-18-30(19-21-31)29-16-14-27(7)15-17-29/h18-23,26-27,29H,8-17,24-25H2,1-7H3. The van der Waals surface area contributed by atoms with Gasteiger partial charge in [-0.25, -0.2) is 8.78 Å². The topological polar surface area (TPSA) is 9.23 Å². The first-order valence-corrected chi connectivity index (χ1v) is 17.1. The van der Waals surface area contributed by atoms with Crippen molar-refractivity contribution >= 4 is 0 Å². The molecule has 1 saturated carbocycles. The first kappa shape index (κ1) is 33.2. The lowest BCUT2D eigenvalue weighted by Crippen LogP contribution is -2.21. The van der Waals surface area contributed by atoms with Gasteiger partial charge >= 0.3 is 0 Å². The molecule has 4 rings (SSSR count). The first-order chi connectivity index (χ1) is 20.8. The van der Waals surface area contributed by atoms with E-state index in [0.717, 1.165) is 84.4 Å². The Morgan fingerprint density at radius 2 is 1.28 bits per heavy atom. The van der Waals surface area contributed by atoms with Crippen LogP contribution in [0.15, 0.2) is 42.5 Å². The molecule has 0 amide bonds. The zero-order chi connectivity index (χ0) is 31.1. The average molecular weight is 589 g/mol. The number of halogens is 2. The Bertz CT molecular complexity index is 1340. The van der Waals surface area contributed by atoms with E-state index in [1.54, 1.807) is 12.1 Å². The summed E-state index contributed by atoms with van der Waals surface area (Å²) in [5.74, 6) is 0.784. The van der Waals surface area contributed by atoms with Gasteiger partial charge in [0.25, 0.3) is 0 Å². The van der Waals surface area contributed by atoms with Gasteiger partial charge < -0.3 is 4.74 Å². The fourth-order valence-electron chi connectivity index (χ4n) is 7.44. The van der Waals surface area contributed by atoms with Crippen molar-refractivity contribution in [3.8, 4) is 28.0 Å². The SMILES string of the molecule is CCc1cc(-c2ccc(-c3ccc(C4CCC(C)CC4)cc3)c(F)c2F)c(CC)c(CC)c1OCCC(CC)(CC)CC. The molecule has 0 atom stereocenters. The normalized spacial score (nSPS) is 17.3. The summed E-state index contributed by atoms with van der Waals surface area (Å²) in [4.78, 5) is 0. The van der Waals surface area contributed by atoms with E-state index in [1.165, 1.54) is 31.2 Å². The molecule has 0 heterocycles. The summed E-state index contributed by atoms with van der Waals surface area (Å²) in [6.07, 6.45) is 11.7. The Labute approximate surface area is 260 Å². The third-order valence-electron chi connectivity index (χ3n) is 10.9.